The molecule has 5 fully saturated rings. The zero-order valence-corrected chi connectivity index (χ0v) is 47.5. The lowest BCUT2D eigenvalue weighted by atomic mass is 9.59. The molecule has 2 aromatic heterocycles. The molecule has 4 aliphatic heterocycles. The first-order valence-electron chi connectivity index (χ1n) is 28.4. The van der Waals surface area contributed by atoms with Crippen molar-refractivity contribution in [2.24, 2.45) is 16.7 Å². The number of hydrogen-bond acceptors (Lipinski definition) is 14. The van der Waals surface area contributed by atoms with Crippen LogP contribution in [0.2, 0.25) is 0 Å². The average molecular weight is 1100 g/mol. The molecule has 3 N–H and O–H groups in total. The Balaban J connectivity index is 0.852. The fourth-order valence-corrected chi connectivity index (χ4v) is 14.3. The summed E-state index contributed by atoms with van der Waals surface area (Å²) in [6.07, 6.45) is 11.9. The van der Waals surface area contributed by atoms with E-state index in [1.165, 1.54) is 30.0 Å². The molecule has 2 aliphatic carbocycles. The van der Waals surface area contributed by atoms with Gasteiger partial charge >= 0.3 is 6.09 Å². The number of ether oxygens (including phenoxy) is 4. The van der Waals surface area contributed by atoms with Crippen molar-refractivity contribution in [3.63, 3.8) is 0 Å². The number of nitro benzene ring substituents is 1. The summed E-state index contributed by atoms with van der Waals surface area (Å²) in [5, 5.41) is 16.6. The summed E-state index contributed by atoms with van der Waals surface area (Å²) in [5.74, 6) is 0.0194. The smallest absolute Gasteiger partial charge is 0.410 e. The number of anilines is 2. The highest BCUT2D eigenvalue weighted by molar-refractivity contribution is 7.90. The molecular weight excluding hydrogens is 1020 g/mol. The summed E-state index contributed by atoms with van der Waals surface area (Å²) in [4.78, 5) is 53.7. The fourth-order valence-electron chi connectivity index (χ4n) is 13.3. The first-order chi connectivity index (χ1) is 37.6. The lowest BCUT2D eigenvalue weighted by Crippen LogP contribution is -2.54. The molecule has 11 rings (SSSR count). The van der Waals surface area contributed by atoms with Gasteiger partial charge in [0.2, 0.25) is 0 Å². The molecule has 19 heteroatoms. The van der Waals surface area contributed by atoms with Crippen LogP contribution in [-0.2, 0) is 14.8 Å². The van der Waals surface area contributed by atoms with Gasteiger partial charge in [-0.3, -0.25) is 19.8 Å². The van der Waals surface area contributed by atoms with E-state index in [2.05, 4.69) is 76.8 Å². The second-order valence-corrected chi connectivity index (χ2v) is 26.9. The van der Waals surface area contributed by atoms with Crippen LogP contribution in [0.15, 0.2) is 77.8 Å². The molecule has 2 saturated carbocycles. The number of nitro groups is 1. The zero-order valence-electron chi connectivity index (χ0n) is 46.6. The lowest BCUT2D eigenvalue weighted by Gasteiger charge is -2.56. The number of H-pyrrole nitrogens is 1. The molecular formula is C60H76N8O10S. The van der Waals surface area contributed by atoms with E-state index >= 15 is 0 Å². The van der Waals surface area contributed by atoms with Crippen LogP contribution in [0.5, 0.6) is 23.1 Å². The lowest BCUT2D eigenvalue weighted by molar-refractivity contribution is -0.384. The highest BCUT2D eigenvalue weighted by Crippen LogP contribution is 2.55. The van der Waals surface area contributed by atoms with Crippen molar-refractivity contribution in [3.8, 4) is 23.1 Å². The molecule has 0 bridgehead atoms. The molecule has 18 nitrogen and oxygen atoms in total. The van der Waals surface area contributed by atoms with Crippen LogP contribution in [0, 0.1) is 26.9 Å². The molecule has 3 saturated heterocycles. The van der Waals surface area contributed by atoms with Gasteiger partial charge in [0.05, 0.1) is 28.0 Å². The van der Waals surface area contributed by atoms with Gasteiger partial charge in [-0.25, -0.2) is 17.9 Å². The molecule has 1 spiro atoms. The van der Waals surface area contributed by atoms with Crippen LogP contribution >= 0.6 is 0 Å². The van der Waals surface area contributed by atoms with E-state index in [9.17, 15) is 28.1 Å². The molecule has 6 heterocycles. The summed E-state index contributed by atoms with van der Waals surface area (Å²) >= 11 is 0. The van der Waals surface area contributed by atoms with Crippen LogP contribution in [0.3, 0.4) is 0 Å². The predicted molar refractivity (Wildman–Crippen MR) is 302 cm³/mol. The van der Waals surface area contributed by atoms with Gasteiger partial charge in [0.25, 0.3) is 27.5 Å². The first kappa shape index (κ1) is 54.4. The maximum Gasteiger partial charge on any atom is 0.410 e. The van der Waals surface area contributed by atoms with E-state index in [0.29, 0.717) is 42.0 Å². The number of benzene rings is 3. The third kappa shape index (κ3) is 11.4. The van der Waals surface area contributed by atoms with Crippen molar-refractivity contribution in [2.45, 2.75) is 160 Å². The molecule has 0 radical (unpaired) electrons. The normalized spacial score (nSPS) is 22.5. The Bertz CT molecular complexity index is 3240. The van der Waals surface area contributed by atoms with Gasteiger partial charge in [0, 0.05) is 73.6 Å². The number of amides is 2. The van der Waals surface area contributed by atoms with Gasteiger partial charge in [-0.05, 0) is 150 Å². The van der Waals surface area contributed by atoms with E-state index in [1.807, 2.05) is 26.8 Å². The number of aromatic amines is 1. The number of carbonyl (C=O) groups excluding carboxylic acids is 2. The largest absolute Gasteiger partial charge is 0.489 e. The first-order valence-corrected chi connectivity index (χ1v) is 29.9. The van der Waals surface area contributed by atoms with Crippen LogP contribution < -0.4 is 29.1 Å². The Morgan fingerprint density at radius 3 is 2.42 bits per heavy atom. The van der Waals surface area contributed by atoms with Gasteiger partial charge in [0.15, 0.2) is 17.2 Å². The van der Waals surface area contributed by atoms with E-state index in [4.69, 9.17) is 23.9 Å². The molecule has 3 atom stereocenters. The van der Waals surface area contributed by atoms with Gasteiger partial charge in [-0.1, -0.05) is 52.0 Å². The zero-order chi connectivity index (χ0) is 55.6. The molecule has 79 heavy (non-hydrogen) atoms. The number of likely N-dealkylation sites (tertiary alicyclic amines) is 2. The van der Waals surface area contributed by atoms with E-state index in [-0.39, 0.29) is 70.3 Å². The Morgan fingerprint density at radius 1 is 0.924 bits per heavy atom. The summed E-state index contributed by atoms with van der Waals surface area (Å²) in [7, 11) is -4.74. The number of fused-ring (bicyclic) bond motifs is 2. The number of sulfonamides is 1. The second-order valence-electron chi connectivity index (χ2n) is 25.2. The van der Waals surface area contributed by atoms with E-state index < -0.39 is 49.2 Å². The van der Waals surface area contributed by atoms with Crippen LogP contribution in [-0.4, -0.2) is 108 Å². The second kappa shape index (κ2) is 21.1. The Morgan fingerprint density at radius 2 is 1.68 bits per heavy atom. The Labute approximate surface area is 463 Å². The highest BCUT2D eigenvalue weighted by atomic mass is 32.2. The number of nitrogens with one attached hydrogen (secondary N) is 3. The number of carbonyl (C=O) groups is 2. The van der Waals surface area contributed by atoms with Crippen LogP contribution in [0.25, 0.3) is 11.0 Å². The molecule has 3 aromatic carbocycles. The van der Waals surface area contributed by atoms with E-state index in [0.717, 1.165) is 82.8 Å². The van der Waals surface area contributed by atoms with Crippen molar-refractivity contribution in [3.05, 3.63) is 99.7 Å². The van der Waals surface area contributed by atoms with Crippen LogP contribution in [0.4, 0.5) is 21.9 Å². The third-order valence-electron chi connectivity index (χ3n) is 17.7. The monoisotopic (exact) mass is 1100 g/mol. The van der Waals surface area contributed by atoms with Crippen molar-refractivity contribution in [2.75, 3.05) is 49.5 Å². The minimum Gasteiger partial charge on any atom is -0.489 e. The number of pyridine rings is 1. The molecule has 6 aliphatic rings. The quantitative estimate of drug-likeness (QED) is 0.0740. The summed E-state index contributed by atoms with van der Waals surface area (Å²) in [5.41, 5.74) is 3.57. The SMILES string of the molecule is CC(C)c1ccccc1[C@@H]1CCCN1C1CC2(CCN(c3ccc(C(=O)NS(=O)(=O)c4cc5c(c([N+](=O)[O-])c4)N[C@@H](C4CCC(C)(C)CC4)CO5)c(Oc4cc5cc[nH]c5nc4O[C@@H]4CCN(C(=O)OC(C)(C)C)C4)c3)CC2)C1. The van der Waals surface area contributed by atoms with Crippen molar-refractivity contribution >= 4 is 50.1 Å². The number of rotatable bonds is 13. The van der Waals surface area contributed by atoms with Crippen LogP contribution in [0.1, 0.15) is 153 Å². The summed E-state index contributed by atoms with van der Waals surface area (Å²) in [6.45, 7) is 18.0. The number of nitrogens with zero attached hydrogens (tertiary/aromatic N) is 5. The van der Waals surface area contributed by atoms with Gasteiger partial charge in [-0.2, -0.15) is 4.98 Å². The molecule has 5 aromatic rings. The Kier molecular flexibility index (Phi) is 14.5. The van der Waals surface area contributed by atoms with Crippen molar-refractivity contribution in [1.82, 2.24) is 24.5 Å². The number of hydrogen-bond donors (Lipinski definition) is 3. The maximum atomic E-state index is 14.6. The summed E-state index contributed by atoms with van der Waals surface area (Å²) < 4.78 is 55.9. The number of piperidine rings is 1. The minimum absolute atomic E-state index is 0.0211. The van der Waals surface area contributed by atoms with Crippen molar-refractivity contribution in [1.29, 1.82) is 0 Å². The fraction of sp³-hybridized carbons (Fsp3) is 0.550. The standard InChI is InChI=1S/C60H76N8O10S/c1-37(2)44-11-8-9-12-45(44)48-13-10-25-67(48)41-33-60(34-41)22-27-65(28-23-60)40-14-15-46(50(30-40)77-52-29-39-18-24-61-54(39)63-56(52)76-42-19-26-66(35-42)57(70)78-58(3,4)5)55(69)64-79(73,74)43-31-49(68(71)72)53-51(32-43)75-36-47(62-53)38-16-20-59(6,7)21-17-38/h8-9,11-12,14-15,18,24,29-32,37-38,41-42,47-48,62H,10,13,16-17,19-23,25-28,33-36H2,1-7H3,(H,61,63)(H,64,69)/t42-,47-,48+/m1/s1. The third-order valence-corrected chi connectivity index (χ3v) is 19.0. The van der Waals surface area contributed by atoms with Gasteiger partial charge < -0.3 is 39.0 Å². The van der Waals surface area contributed by atoms with Gasteiger partial charge in [0.1, 0.15) is 29.7 Å². The number of aromatic nitrogens is 2. The summed E-state index contributed by atoms with van der Waals surface area (Å²) in [6, 6.07) is 20.6. The molecule has 422 valence electrons. The highest BCUT2D eigenvalue weighted by Gasteiger charge is 2.50. The Hall–Kier alpha value is -6.60. The van der Waals surface area contributed by atoms with Gasteiger partial charge in [-0.15, -0.1) is 0 Å². The molecule has 2 amide bonds. The van der Waals surface area contributed by atoms with E-state index in [1.54, 1.807) is 35.4 Å². The maximum absolute atomic E-state index is 14.6. The minimum atomic E-state index is -4.74. The topological polar surface area (TPSA) is 211 Å². The molecule has 0 unspecified atom stereocenters. The predicted octanol–water partition coefficient (Wildman–Crippen LogP) is 11.9. The van der Waals surface area contributed by atoms with Crippen molar-refractivity contribution < 1.29 is 41.9 Å². The average Bonchev–Trinajstić information content (AvgIpc) is 4.25.